The second-order valence-corrected chi connectivity index (χ2v) is 5.93. The SMILES string of the molecule is NCC1CCN(C(=O)Cc2ccc(Cl)cc2Br)C1. The zero-order valence-corrected chi connectivity index (χ0v) is 12.4. The van der Waals surface area contributed by atoms with Crippen LogP contribution in [0.4, 0.5) is 0 Å². The van der Waals surface area contributed by atoms with Crippen LogP contribution in [0.1, 0.15) is 12.0 Å². The van der Waals surface area contributed by atoms with Crippen LogP contribution in [0.5, 0.6) is 0 Å². The molecule has 3 nitrogen and oxygen atoms in total. The third-order valence-corrected chi connectivity index (χ3v) is 4.30. The van der Waals surface area contributed by atoms with Gasteiger partial charge in [0.15, 0.2) is 0 Å². The Labute approximate surface area is 120 Å². The molecule has 2 rings (SSSR count). The molecule has 1 aliphatic rings. The number of carbonyl (C=O) groups excluding carboxylic acids is 1. The van der Waals surface area contributed by atoms with Crippen molar-refractivity contribution in [2.75, 3.05) is 19.6 Å². The first-order chi connectivity index (χ1) is 8.60. The molecule has 1 atom stereocenters. The normalized spacial score (nSPS) is 19.3. The second-order valence-electron chi connectivity index (χ2n) is 4.64. The van der Waals surface area contributed by atoms with Crippen LogP contribution in [0, 0.1) is 5.92 Å². The summed E-state index contributed by atoms with van der Waals surface area (Å²) in [6.07, 6.45) is 1.43. The molecular weight excluding hydrogens is 316 g/mol. The van der Waals surface area contributed by atoms with Crippen molar-refractivity contribution < 1.29 is 4.79 Å². The quantitative estimate of drug-likeness (QED) is 0.925. The number of rotatable bonds is 3. The molecule has 18 heavy (non-hydrogen) atoms. The van der Waals surface area contributed by atoms with E-state index in [4.69, 9.17) is 17.3 Å². The molecule has 98 valence electrons. The molecule has 0 bridgehead atoms. The first-order valence-electron chi connectivity index (χ1n) is 6.02. The number of nitrogens with two attached hydrogens (primary N) is 1. The minimum Gasteiger partial charge on any atom is -0.342 e. The van der Waals surface area contributed by atoms with Crippen LogP contribution < -0.4 is 5.73 Å². The smallest absolute Gasteiger partial charge is 0.227 e. The number of halogens is 2. The second kappa shape index (κ2) is 6.04. The maximum Gasteiger partial charge on any atom is 0.227 e. The summed E-state index contributed by atoms with van der Waals surface area (Å²) in [5.74, 6) is 0.622. The molecule has 1 aromatic rings. The average molecular weight is 332 g/mol. The highest BCUT2D eigenvalue weighted by Crippen LogP contribution is 2.23. The summed E-state index contributed by atoms with van der Waals surface area (Å²) in [5, 5.41) is 0.669. The molecule has 5 heteroatoms. The number of amides is 1. The van der Waals surface area contributed by atoms with Gasteiger partial charge in [-0.1, -0.05) is 33.6 Å². The van der Waals surface area contributed by atoms with Crippen molar-refractivity contribution in [2.24, 2.45) is 11.7 Å². The van der Waals surface area contributed by atoms with Gasteiger partial charge in [0, 0.05) is 22.6 Å². The number of benzene rings is 1. The van der Waals surface area contributed by atoms with Gasteiger partial charge in [-0.25, -0.2) is 0 Å². The molecule has 2 N–H and O–H groups in total. The topological polar surface area (TPSA) is 46.3 Å². The fourth-order valence-corrected chi connectivity index (χ4v) is 3.01. The zero-order chi connectivity index (χ0) is 13.1. The van der Waals surface area contributed by atoms with Crippen LogP contribution in [0.15, 0.2) is 22.7 Å². The number of hydrogen-bond donors (Lipinski definition) is 1. The minimum absolute atomic E-state index is 0.161. The van der Waals surface area contributed by atoms with Gasteiger partial charge in [0.05, 0.1) is 6.42 Å². The first-order valence-corrected chi connectivity index (χ1v) is 7.19. The van der Waals surface area contributed by atoms with Crippen molar-refractivity contribution in [2.45, 2.75) is 12.8 Å². The highest BCUT2D eigenvalue weighted by Gasteiger charge is 2.25. The van der Waals surface area contributed by atoms with Gasteiger partial charge in [-0.15, -0.1) is 0 Å². The van der Waals surface area contributed by atoms with Gasteiger partial charge in [-0.05, 0) is 36.6 Å². The molecule has 0 aliphatic carbocycles. The van der Waals surface area contributed by atoms with Gasteiger partial charge in [0.2, 0.25) is 5.91 Å². The van der Waals surface area contributed by atoms with Gasteiger partial charge >= 0.3 is 0 Å². The van der Waals surface area contributed by atoms with E-state index >= 15 is 0 Å². The lowest BCUT2D eigenvalue weighted by atomic mass is 10.1. The van der Waals surface area contributed by atoms with Gasteiger partial charge in [0.1, 0.15) is 0 Å². The average Bonchev–Trinajstić information content (AvgIpc) is 2.81. The third kappa shape index (κ3) is 3.25. The molecule has 0 saturated carbocycles. The maximum absolute atomic E-state index is 12.1. The van der Waals surface area contributed by atoms with E-state index < -0.39 is 0 Å². The molecular formula is C13H16BrClN2O. The summed E-state index contributed by atoms with van der Waals surface area (Å²) in [5.41, 5.74) is 6.60. The van der Waals surface area contributed by atoms with Crippen LogP contribution in [0.2, 0.25) is 5.02 Å². The van der Waals surface area contributed by atoms with E-state index in [1.807, 2.05) is 23.1 Å². The predicted molar refractivity (Wildman–Crippen MR) is 76.6 cm³/mol. The highest BCUT2D eigenvalue weighted by atomic mass is 79.9. The van der Waals surface area contributed by atoms with Crippen molar-refractivity contribution >= 4 is 33.4 Å². The molecule has 0 radical (unpaired) electrons. The van der Waals surface area contributed by atoms with Gasteiger partial charge < -0.3 is 10.6 Å². The van der Waals surface area contributed by atoms with E-state index in [0.29, 0.717) is 23.9 Å². The van der Waals surface area contributed by atoms with Crippen LogP contribution in [0.3, 0.4) is 0 Å². The Hall–Kier alpha value is -0.580. The Morgan fingerprint density at radius 1 is 1.56 bits per heavy atom. The Balaban J connectivity index is 1.99. The van der Waals surface area contributed by atoms with E-state index in [1.54, 1.807) is 0 Å². The van der Waals surface area contributed by atoms with Crippen molar-refractivity contribution in [1.82, 2.24) is 4.90 Å². The maximum atomic E-state index is 12.1. The van der Waals surface area contributed by atoms with E-state index in [1.165, 1.54) is 0 Å². The molecule has 1 fully saturated rings. The fourth-order valence-electron chi connectivity index (χ4n) is 2.19. The summed E-state index contributed by atoms with van der Waals surface area (Å²) >= 11 is 9.31. The largest absolute Gasteiger partial charge is 0.342 e. The lowest BCUT2D eigenvalue weighted by Crippen LogP contribution is -2.31. The molecule has 1 aromatic carbocycles. The summed E-state index contributed by atoms with van der Waals surface area (Å²) in [4.78, 5) is 14.0. The van der Waals surface area contributed by atoms with Crippen molar-refractivity contribution in [3.05, 3.63) is 33.3 Å². The lowest BCUT2D eigenvalue weighted by molar-refractivity contribution is -0.129. The number of carbonyl (C=O) groups is 1. The Morgan fingerprint density at radius 2 is 2.33 bits per heavy atom. The lowest BCUT2D eigenvalue weighted by Gasteiger charge is -2.16. The first kappa shape index (κ1) is 13.8. The van der Waals surface area contributed by atoms with Crippen LogP contribution in [0.25, 0.3) is 0 Å². The monoisotopic (exact) mass is 330 g/mol. The number of hydrogen-bond acceptors (Lipinski definition) is 2. The van der Waals surface area contributed by atoms with Crippen LogP contribution in [-0.2, 0) is 11.2 Å². The van der Waals surface area contributed by atoms with Gasteiger partial charge in [0.25, 0.3) is 0 Å². The molecule has 1 saturated heterocycles. The Bertz CT molecular complexity index is 453. The molecule has 1 aliphatic heterocycles. The minimum atomic E-state index is 0.161. The predicted octanol–water partition coefficient (Wildman–Crippen LogP) is 2.45. The van der Waals surface area contributed by atoms with Crippen LogP contribution in [-0.4, -0.2) is 30.4 Å². The number of nitrogens with zero attached hydrogens (tertiary/aromatic N) is 1. The highest BCUT2D eigenvalue weighted by molar-refractivity contribution is 9.10. The van der Waals surface area contributed by atoms with Crippen molar-refractivity contribution in [3.63, 3.8) is 0 Å². The molecule has 0 spiro atoms. The van der Waals surface area contributed by atoms with Gasteiger partial charge in [-0.3, -0.25) is 4.79 Å². The molecule has 1 amide bonds. The van der Waals surface area contributed by atoms with E-state index in [-0.39, 0.29) is 5.91 Å². The number of likely N-dealkylation sites (tertiary alicyclic amines) is 1. The molecule has 0 aromatic heterocycles. The Kier molecular flexibility index (Phi) is 4.65. The molecule has 1 heterocycles. The van der Waals surface area contributed by atoms with Crippen LogP contribution >= 0.6 is 27.5 Å². The standard InChI is InChI=1S/C13H16BrClN2O/c14-12-6-11(15)2-1-10(12)5-13(18)17-4-3-9(7-16)8-17/h1-2,6,9H,3-5,7-8,16H2. The van der Waals surface area contributed by atoms with Gasteiger partial charge in [-0.2, -0.15) is 0 Å². The summed E-state index contributed by atoms with van der Waals surface area (Å²) < 4.78 is 0.887. The Morgan fingerprint density at radius 3 is 2.94 bits per heavy atom. The van der Waals surface area contributed by atoms with Crippen molar-refractivity contribution in [1.29, 1.82) is 0 Å². The van der Waals surface area contributed by atoms with E-state index in [9.17, 15) is 4.79 Å². The summed E-state index contributed by atoms with van der Waals surface area (Å²) in [6, 6.07) is 5.51. The summed E-state index contributed by atoms with van der Waals surface area (Å²) in [7, 11) is 0. The van der Waals surface area contributed by atoms with E-state index in [2.05, 4.69) is 15.9 Å². The zero-order valence-electron chi connectivity index (χ0n) is 10.0. The van der Waals surface area contributed by atoms with E-state index in [0.717, 1.165) is 29.5 Å². The molecule has 1 unspecified atom stereocenters. The third-order valence-electron chi connectivity index (χ3n) is 3.33. The summed E-state index contributed by atoms with van der Waals surface area (Å²) in [6.45, 7) is 2.28. The van der Waals surface area contributed by atoms with Crippen molar-refractivity contribution in [3.8, 4) is 0 Å². The fraction of sp³-hybridized carbons (Fsp3) is 0.462.